The minimum absolute atomic E-state index is 0.115. The van der Waals surface area contributed by atoms with Gasteiger partial charge in [0.25, 0.3) is 0 Å². The van der Waals surface area contributed by atoms with Crippen molar-refractivity contribution in [3.63, 3.8) is 0 Å². The van der Waals surface area contributed by atoms with Crippen LogP contribution in [0.2, 0.25) is 0 Å². The topological polar surface area (TPSA) is 61.4 Å². The SMILES string of the molecule is O=C(NCc1ccc(F)cc1)NC[C@H](O)c1ccccc1F. The van der Waals surface area contributed by atoms with E-state index in [-0.39, 0.29) is 24.5 Å². The van der Waals surface area contributed by atoms with Gasteiger partial charge >= 0.3 is 6.03 Å². The lowest BCUT2D eigenvalue weighted by molar-refractivity contribution is 0.169. The number of urea groups is 1. The highest BCUT2D eigenvalue weighted by molar-refractivity contribution is 5.73. The van der Waals surface area contributed by atoms with Gasteiger partial charge in [0.15, 0.2) is 0 Å². The van der Waals surface area contributed by atoms with Crippen molar-refractivity contribution in [1.82, 2.24) is 10.6 Å². The minimum Gasteiger partial charge on any atom is -0.386 e. The zero-order valence-corrected chi connectivity index (χ0v) is 11.7. The van der Waals surface area contributed by atoms with Crippen molar-refractivity contribution in [2.45, 2.75) is 12.6 Å². The van der Waals surface area contributed by atoms with E-state index in [4.69, 9.17) is 0 Å². The van der Waals surface area contributed by atoms with Crippen molar-refractivity contribution in [2.75, 3.05) is 6.54 Å². The van der Waals surface area contributed by atoms with Crippen molar-refractivity contribution in [2.24, 2.45) is 0 Å². The summed E-state index contributed by atoms with van der Waals surface area (Å²) >= 11 is 0. The fourth-order valence-corrected chi connectivity index (χ4v) is 1.89. The summed E-state index contributed by atoms with van der Waals surface area (Å²) in [5.74, 6) is -0.871. The highest BCUT2D eigenvalue weighted by Crippen LogP contribution is 2.15. The Kier molecular flexibility index (Phi) is 5.43. The maximum absolute atomic E-state index is 13.4. The fourth-order valence-electron chi connectivity index (χ4n) is 1.89. The lowest BCUT2D eigenvalue weighted by atomic mass is 10.1. The zero-order valence-electron chi connectivity index (χ0n) is 11.7. The van der Waals surface area contributed by atoms with Gasteiger partial charge in [-0.2, -0.15) is 0 Å². The van der Waals surface area contributed by atoms with E-state index in [0.29, 0.717) is 0 Å². The van der Waals surface area contributed by atoms with Crippen LogP contribution in [-0.4, -0.2) is 17.7 Å². The summed E-state index contributed by atoms with van der Waals surface area (Å²) in [4.78, 5) is 11.6. The minimum atomic E-state index is -1.13. The third kappa shape index (κ3) is 4.53. The first kappa shape index (κ1) is 15.9. The van der Waals surface area contributed by atoms with Gasteiger partial charge in [-0.25, -0.2) is 13.6 Å². The molecule has 0 aliphatic rings. The molecule has 0 aliphatic carbocycles. The Morgan fingerprint density at radius 3 is 2.41 bits per heavy atom. The molecule has 0 aromatic heterocycles. The lowest BCUT2D eigenvalue weighted by Gasteiger charge is -2.13. The number of amides is 2. The summed E-state index contributed by atoms with van der Waals surface area (Å²) < 4.78 is 26.2. The van der Waals surface area contributed by atoms with E-state index in [1.807, 2.05) is 0 Å². The smallest absolute Gasteiger partial charge is 0.315 e. The average molecular weight is 306 g/mol. The van der Waals surface area contributed by atoms with E-state index in [1.54, 1.807) is 18.2 Å². The van der Waals surface area contributed by atoms with E-state index in [9.17, 15) is 18.7 Å². The van der Waals surface area contributed by atoms with E-state index in [1.165, 1.54) is 30.3 Å². The summed E-state index contributed by atoms with van der Waals surface area (Å²) in [6.07, 6.45) is -1.13. The second-order valence-electron chi connectivity index (χ2n) is 4.73. The third-order valence-corrected chi connectivity index (χ3v) is 3.09. The third-order valence-electron chi connectivity index (χ3n) is 3.09. The van der Waals surface area contributed by atoms with Crippen molar-refractivity contribution < 1.29 is 18.7 Å². The van der Waals surface area contributed by atoms with Crippen LogP contribution in [0.5, 0.6) is 0 Å². The molecule has 0 heterocycles. The zero-order chi connectivity index (χ0) is 15.9. The van der Waals surface area contributed by atoms with Gasteiger partial charge in [-0.1, -0.05) is 30.3 Å². The normalized spacial score (nSPS) is 11.8. The van der Waals surface area contributed by atoms with Crippen LogP contribution in [0.4, 0.5) is 13.6 Å². The summed E-state index contributed by atoms with van der Waals surface area (Å²) in [6, 6.07) is 11.1. The molecule has 2 aromatic carbocycles. The van der Waals surface area contributed by atoms with Crippen LogP contribution in [0.15, 0.2) is 48.5 Å². The molecular weight excluding hydrogens is 290 g/mol. The van der Waals surface area contributed by atoms with Gasteiger partial charge in [0, 0.05) is 18.7 Å². The Balaban J connectivity index is 1.78. The Labute approximate surface area is 126 Å². The Morgan fingerprint density at radius 1 is 1.05 bits per heavy atom. The summed E-state index contributed by atoms with van der Waals surface area (Å²) in [5, 5.41) is 14.9. The Hall–Kier alpha value is -2.47. The van der Waals surface area contributed by atoms with Crippen LogP contribution < -0.4 is 10.6 Å². The Bertz CT molecular complexity index is 632. The van der Waals surface area contributed by atoms with Crippen LogP contribution >= 0.6 is 0 Å². The largest absolute Gasteiger partial charge is 0.386 e. The molecule has 0 spiro atoms. The van der Waals surface area contributed by atoms with Gasteiger partial charge in [-0.3, -0.25) is 0 Å². The van der Waals surface area contributed by atoms with Crippen molar-refractivity contribution >= 4 is 6.03 Å². The second kappa shape index (κ2) is 7.51. The number of aliphatic hydroxyl groups is 1. The van der Waals surface area contributed by atoms with Gasteiger partial charge in [-0.15, -0.1) is 0 Å². The molecule has 2 amide bonds. The molecule has 2 rings (SSSR count). The molecule has 1 atom stereocenters. The molecule has 0 unspecified atom stereocenters. The number of hydrogen-bond donors (Lipinski definition) is 3. The monoisotopic (exact) mass is 306 g/mol. The molecule has 0 saturated heterocycles. The number of nitrogens with one attached hydrogen (secondary N) is 2. The molecule has 0 radical (unpaired) electrons. The summed E-state index contributed by atoms with van der Waals surface area (Å²) in [7, 11) is 0. The van der Waals surface area contributed by atoms with Crippen LogP contribution in [0, 0.1) is 11.6 Å². The lowest BCUT2D eigenvalue weighted by Crippen LogP contribution is -2.37. The highest BCUT2D eigenvalue weighted by atomic mass is 19.1. The van der Waals surface area contributed by atoms with Crippen molar-refractivity contribution in [3.8, 4) is 0 Å². The number of benzene rings is 2. The molecular formula is C16H16F2N2O2. The number of rotatable bonds is 5. The van der Waals surface area contributed by atoms with E-state index in [2.05, 4.69) is 10.6 Å². The van der Waals surface area contributed by atoms with Gasteiger partial charge < -0.3 is 15.7 Å². The second-order valence-corrected chi connectivity index (χ2v) is 4.73. The fraction of sp³-hybridized carbons (Fsp3) is 0.188. The number of aliphatic hydroxyl groups excluding tert-OH is 1. The molecule has 116 valence electrons. The van der Waals surface area contributed by atoms with E-state index < -0.39 is 18.0 Å². The van der Waals surface area contributed by atoms with Crippen LogP contribution in [0.1, 0.15) is 17.2 Å². The molecule has 6 heteroatoms. The number of halogens is 2. The molecule has 0 fully saturated rings. The van der Waals surface area contributed by atoms with Crippen molar-refractivity contribution in [1.29, 1.82) is 0 Å². The molecule has 2 aromatic rings. The molecule has 3 N–H and O–H groups in total. The quantitative estimate of drug-likeness (QED) is 0.795. The van der Waals surface area contributed by atoms with Crippen LogP contribution in [0.3, 0.4) is 0 Å². The van der Waals surface area contributed by atoms with Crippen molar-refractivity contribution in [3.05, 3.63) is 71.3 Å². The van der Waals surface area contributed by atoms with Gasteiger partial charge in [0.1, 0.15) is 11.6 Å². The van der Waals surface area contributed by atoms with Gasteiger partial charge in [0.05, 0.1) is 6.10 Å². The predicted molar refractivity (Wildman–Crippen MR) is 78.0 cm³/mol. The van der Waals surface area contributed by atoms with E-state index >= 15 is 0 Å². The number of carbonyl (C=O) groups excluding carboxylic acids is 1. The first-order valence-corrected chi connectivity index (χ1v) is 6.75. The first-order chi connectivity index (χ1) is 10.6. The summed E-state index contributed by atoms with van der Waals surface area (Å²) in [6.45, 7) is 0.109. The summed E-state index contributed by atoms with van der Waals surface area (Å²) in [5.41, 5.74) is 0.868. The number of hydrogen-bond acceptors (Lipinski definition) is 2. The number of carbonyl (C=O) groups is 1. The van der Waals surface area contributed by atoms with Gasteiger partial charge in [-0.05, 0) is 23.8 Å². The molecule has 0 aliphatic heterocycles. The average Bonchev–Trinajstić information content (AvgIpc) is 2.52. The first-order valence-electron chi connectivity index (χ1n) is 6.75. The standard InChI is InChI=1S/C16H16F2N2O2/c17-12-7-5-11(6-8-12)9-19-16(22)20-10-15(21)13-3-1-2-4-14(13)18/h1-8,15,21H,9-10H2,(H2,19,20,22)/t15-/m0/s1. The highest BCUT2D eigenvalue weighted by Gasteiger charge is 2.13. The van der Waals surface area contributed by atoms with E-state index in [0.717, 1.165) is 5.56 Å². The molecule has 4 nitrogen and oxygen atoms in total. The maximum atomic E-state index is 13.4. The molecule has 0 bridgehead atoms. The predicted octanol–water partition coefficient (Wildman–Crippen LogP) is 2.50. The molecule has 22 heavy (non-hydrogen) atoms. The molecule has 0 saturated carbocycles. The Morgan fingerprint density at radius 2 is 1.73 bits per heavy atom. The maximum Gasteiger partial charge on any atom is 0.315 e. The van der Waals surface area contributed by atoms with Gasteiger partial charge in [0.2, 0.25) is 0 Å². The van der Waals surface area contributed by atoms with Crippen LogP contribution in [-0.2, 0) is 6.54 Å². The van der Waals surface area contributed by atoms with Crippen LogP contribution in [0.25, 0.3) is 0 Å².